The van der Waals surface area contributed by atoms with Crippen molar-refractivity contribution < 1.29 is 14.7 Å². The second-order valence-electron chi connectivity index (χ2n) is 5.40. The zero-order valence-corrected chi connectivity index (χ0v) is 13.3. The van der Waals surface area contributed by atoms with Crippen molar-refractivity contribution in [3.63, 3.8) is 0 Å². The number of anilines is 1. The van der Waals surface area contributed by atoms with Crippen LogP contribution in [0.5, 0.6) is 0 Å². The number of carboxylic acid groups (broad SMARTS) is 1. The number of nitrogen functional groups attached to an aromatic ring is 1. The minimum atomic E-state index is -0.754. The monoisotopic (exact) mass is 354 g/mol. The van der Waals surface area contributed by atoms with Crippen LogP contribution in [0.2, 0.25) is 0 Å². The highest BCUT2D eigenvalue weighted by molar-refractivity contribution is 9.10. The molecule has 5 nitrogen and oxygen atoms in total. The number of aliphatic carboxylic acids is 1. The molecule has 0 atom stereocenters. The predicted molar refractivity (Wildman–Crippen MR) is 84.1 cm³/mol. The summed E-state index contributed by atoms with van der Waals surface area (Å²) in [5.41, 5.74) is 6.90. The molecule has 1 aromatic rings. The Morgan fingerprint density at radius 2 is 2.00 bits per heavy atom. The van der Waals surface area contributed by atoms with E-state index in [0.29, 0.717) is 36.7 Å². The van der Waals surface area contributed by atoms with Gasteiger partial charge in [0.25, 0.3) is 5.91 Å². The highest BCUT2D eigenvalue weighted by Gasteiger charge is 2.24. The molecule has 1 aliphatic heterocycles. The zero-order valence-electron chi connectivity index (χ0n) is 11.7. The van der Waals surface area contributed by atoms with Gasteiger partial charge in [-0.25, -0.2) is 0 Å². The van der Waals surface area contributed by atoms with Crippen LogP contribution in [-0.2, 0) is 4.79 Å². The van der Waals surface area contributed by atoms with Gasteiger partial charge in [0.1, 0.15) is 0 Å². The third-order valence-electron chi connectivity index (χ3n) is 3.91. The van der Waals surface area contributed by atoms with Crippen LogP contribution in [0.4, 0.5) is 5.69 Å². The Kier molecular flexibility index (Phi) is 5.22. The average molecular weight is 355 g/mol. The van der Waals surface area contributed by atoms with Gasteiger partial charge in [0.15, 0.2) is 0 Å². The Morgan fingerprint density at radius 3 is 2.57 bits per heavy atom. The van der Waals surface area contributed by atoms with Crippen LogP contribution in [0.25, 0.3) is 0 Å². The first-order valence-electron chi connectivity index (χ1n) is 7.03. The summed E-state index contributed by atoms with van der Waals surface area (Å²) in [6.07, 6.45) is 2.61. The number of piperidine rings is 1. The number of carbonyl (C=O) groups is 2. The number of hydrogen-bond donors (Lipinski definition) is 2. The molecule has 21 heavy (non-hydrogen) atoms. The van der Waals surface area contributed by atoms with E-state index >= 15 is 0 Å². The van der Waals surface area contributed by atoms with Crippen LogP contribution in [0.3, 0.4) is 0 Å². The Balaban J connectivity index is 1.92. The first-order chi connectivity index (χ1) is 9.97. The van der Waals surface area contributed by atoms with Gasteiger partial charge in [0, 0.05) is 29.7 Å². The number of likely N-dealkylation sites (tertiary alicyclic amines) is 1. The number of hydrogen-bond acceptors (Lipinski definition) is 3. The molecule has 0 unspecified atom stereocenters. The summed E-state index contributed by atoms with van der Waals surface area (Å²) < 4.78 is 0.851. The highest BCUT2D eigenvalue weighted by Crippen LogP contribution is 2.25. The van der Waals surface area contributed by atoms with Crippen LogP contribution in [0, 0.1) is 5.92 Å². The lowest BCUT2D eigenvalue weighted by Crippen LogP contribution is -2.38. The Morgan fingerprint density at radius 1 is 1.33 bits per heavy atom. The van der Waals surface area contributed by atoms with E-state index in [9.17, 15) is 9.59 Å². The van der Waals surface area contributed by atoms with Gasteiger partial charge < -0.3 is 15.7 Å². The van der Waals surface area contributed by atoms with E-state index < -0.39 is 5.97 Å². The van der Waals surface area contributed by atoms with E-state index in [1.54, 1.807) is 17.0 Å². The maximum Gasteiger partial charge on any atom is 0.303 e. The number of rotatable bonds is 4. The van der Waals surface area contributed by atoms with Crippen molar-refractivity contribution >= 4 is 33.5 Å². The molecule has 6 heteroatoms. The quantitative estimate of drug-likeness (QED) is 0.814. The second kappa shape index (κ2) is 6.93. The molecule has 0 aromatic heterocycles. The molecular weight excluding hydrogens is 336 g/mol. The fourth-order valence-electron chi connectivity index (χ4n) is 2.65. The summed E-state index contributed by atoms with van der Waals surface area (Å²) in [6.45, 7) is 1.33. The van der Waals surface area contributed by atoms with Crippen molar-refractivity contribution in [3.05, 3.63) is 28.2 Å². The molecule has 1 amide bonds. The standard InChI is InChI=1S/C15H19BrN2O3/c16-11-2-3-12(13(17)9-11)15(21)18-7-5-10(6-8-18)1-4-14(19)20/h2-3,9-10H,1,4-8,17H2,(H,19,20). The Labute approximate surface area is 132 Å². The van der Waals surface area contributed by atoms with Gasteiger partial charge in [-0.3, -0.25) is 9.59 Å². The fraction of sp³-hybridized carbons (Fsp3) is 0.467. The van der Waals surface area contributed by atoms with Crippen molar-refractivity contribution in [2.45, 2.75) is 25.7 Å². The first-order valence-corrected chi connectivity index (χ1v) is 7.82. The fourth-order valence-corrected chi connectivity index (χ4v) is 3.03. The van der Waals surface area contributed by atoms with Gasteiger partial charge in [0.2, 0.25) is 0 Å². The molecule has 0 bridgehead atoms. The minimum Gasteiger partial charge on any atom is -0.481 e. The molecule has 1 heterocycles. The van der Waals surface area contributed by atoms with Crippen molar-refractivity contribution in [2.75, 3.05) is 18.8 Å². The van der Waals surface area contributed by atoms with Crippen LogP contribution in [0.15, 0.2) is 22.7 Å². The lowest BCUT2D eigenvalue weighted by molar-refractivity contribution is -0.137. The van der Waals surface area contributed by atoms with Crippen LogP contribution in [-0.4, -0.2) is 35.0 Å². The van der Waals surface area contributed by atoms with Crippen molar-refractivity contribution in [2.24, 2.45) is 5.92 Å². The third kappa shape index (κ3) is 4.20. The van der Waals surface area contributed by atoms with Crippen LogP contribution < -0.4 is 5.73 Å². The average Bonchev–Trinajstić information content (AvgIpc) is 2.45. The largest absolute Gasteiger partial charge is 0.481 e. The summed E-state index contributed by atoms with van der Waals surface area (Å²) in [5.74, 6) is -0.403. The van der Waals surface area contributed by atoms with Crippen LogP contribution in [0.1, 0.15) is 36.0 Å². The van der Waals surface area contributed by atoms with Gasteiger partial charge in [-0.2, -0.15) is 0 Å². The van der Waals surface area contributed by atoms with Gasteiger partial charge in [0.05, 0.1) is 5.56 Å². The number of amides is 1. The number of nitrogens with zero attached hydrogens (tertiary/aromatic N) is 1. The maximum absolute atomic E-state index is 12.4. The second-order valence-corrected chi connectivity index (χ2v) is 6.32. The SMILES string of the molecule is Nc1cc(Br)ccc1C(=O)N1CCC(CCC(=O)O)CC1. The predicted octanol–water partition coefficient (Wildman–Crippen LogP) is 2.75. The molecule has 0 saturated carbocycles. The zero-order chi connectivity index (χ0) is 15.4. The summed E-state index contributed by atoms with van der Waals surface area (Å²) in [5, 5.41) is 8.70. The molecule has 0 aliphatic carbocycles. The Bertz CT molecular complexity index is 540. The molecule has 1 aromatic carbocycles. The normalized spacial score (nSPS) is 16.0. The van der Waals surface area contributed by atoms with Crippen molar-refractivity contribution in [1.82, 2.24) is 4.90 Å². The lowest BCUT2D eigenvalue weighted by Gasteiger charge is -2.32. The number of benzene rings is 1. The molecule has 114 valence electrons. The van der Waals surface area contributed by atoms with Gasteiger partial charge in [-0.05, 0) is 43.4 Å². The van der Waals surface area contributed by atoms with Gasteiger partial charge in [-0.15, -0.1) is 0 Å². The molecular formula is C15H19BrN2O3. The first kappa shape index (κ1) is 15.8. The smallest absolute Gasteiger partial charge is 0.303 e. The summed E-state index contributed by atoms with van der Waals surface area (Å²) in [7, 11) is 0. The number of nitrogens with two attached hydrogens (primary N) is 1. The van der Waals surface area contributed by atoms with Crippen molar-refractivity contribution in [1.29, 1.82) is 0 Å². The molecule has 1 saturated heterocycles. The molecule has 0 radical (unpaired) electrons. The van der Waals surface area contributed by atoms with Gasteiger partial charge in [-0.1, -0.05) is 15.9 Å². The summed E-state index contributed by atoms with van der Waals surface area (Å²) >= 11 is 3.33. The number of halogens is 1. The molecule has 1 fully saturated rings. The van der Waals surface area contributed by atoms with Crippen molar-refractivity contribution in [3.8, 4) is 0 Å². The maximum atomic E-state index is 12.4. The minimum absolute atomic E-state index is 0.0447. The molecule has 1 aliphatic rings. The highest BCUT2D eigenvalue weighted by atomic mass is 79.9. The van der Waals surface area contributed by atoms with E-state index in [-0.39, 0.29) is 12.3 Å². The van der Waals surface area contributed by atoms with E-state index in [1.165, 1.54) is 0 Å². The molecule has 3 N–H and O–H groups in total. The van der Waals surface area contributed by atoms with Crippen LogP contribution >= 0.6 is 15.9 Å². The molecule has 0 spiro atoms. The van der Waals surface area contributed by atoms with E-state index in [0.717, 1.165) is 17.3 Å². The number of carboxylic acids is 1. The number of carbonyl (C=O) groups excluding carboxylic acids is 1. The van der Waals surface area contributed by atoms with E-state index in [1.807, 2.05) is 6.07 Å². The Hall–Kier alpha value is -1.56. The van der Waals surface area contributed by atoms with E-state index in [4.69, 9.17) is 10.8 Å². The lowest BCUT2D eigenvalue weighted by atomic mass is 9.92. The molecule has 2 rings (SSSR count). The third-order valence-corrected chi connectivity index (χ3v) is 4.41. The summed E-state index contributed by atoms with van der Waals surface area (Å²) in [4.78, 5) is 24.8. The topological polar surface area (TPSA) is 83.6 Å². The van der Waals surface area contributed by atoms with Gasteiger partial charge >= 0.3 is 5.97 Å². The summed E-state index contributed by atoms with van der Waals surface area (Å²) in [6, 6.07) is 5.27. The van der Waals surface area contributed by atoms with E-state index in [2.05, 4.69) is 15.9 Å².